The quantitative estimate of drug-likeness (QED) is 0.631. The second-order valence-electron chi connectivity index (χ2n) is 5.59. The van der Waals surface area contributed by atoms with Gasteiger partial charge in [0, 0.05) is 10.9 Å². The van der Waals surface area contributed by atoms with Crippen molar-refractivity contribution in [2.45, 2.75) is 6.42 Å². The highest BCUT2D eigenvalue weighted by Gasteiger charge is 2.38. The zero-order valence-corrected chi connectivity index (χ0v) is 14.5. The van der Waals surface area contributed by atoms with Gasteiger partial charge in [0.25, 0.3) is 11.8 Å². The van der Waals surface area contributed by atoms with Gasteiger partial charge in [-0.2, -0.15) is 0 Å². The van der Waals surface area contributed by atoms with Gasteiger partial charge in [0.15, 0.2) is 5.58 Å². The second kappa shape index (κ2) is 6.16. The minimum atomic E-state index is -0.784. The number of imide groups is 1. The van der Waals surface area contributed by atoms with Crippen molar-refractivity contribution in [3.8, 4) is 0 Å². The number of fused-ring (bicyclic) bond motifs is 2. The average molecular weight is 390 g/mol. The molecular formula is C18H9Cl2NO5. The van der Waals surface area contributed by atoms with Crippen LogP contribution in [-0.4, -0.2) is 22.8 Å². The molecule has 0 bridgehead atoms. The van der Waals surface area contributed by atoms with E-state index in [0.717, 1.165) is 0 Å². The van der Waals surface area contributed by atoms with E-state index in [1.54, 1.807) is 24.3 Å². The van der Waals surface area contributed by atoms with Crippen LogP contribution in [0, 0.1) is 0 Å². The molecule has 0 saturated carbocycles. The number of halogens is 2. The summed E-state index contributed by atoms with van der Waals surface area (Å²) in [5.74, 6) is -2.13. The highest BCUT2D eigenvalue weighted by Crippen LogP contribution is 2.34. The molecule has 0 fully saturated rings. The molecule has 2 aromatic carbocycles. The number of hydrogen-bond acceptors (Lipinski definition) is 5. The number of hydrogen-bond donors (Lipinski definition) is 0. The van der Waals surface area contributed by atoms with Gasteiger partial charge in [-0.3, -0.25) is 9.59 Å². The molecule has 4 rings (SSSR count). The molecule has 130 valence electrons. The van der Waals surface area contributed by atoms with Crippen LogP contribution in [0.15, 0.2) is 47.1 Å². The van der Waals surface area contributed by atoms with E-state index in [1.165, 1.54) is 18.4 Å². The third-order valence-electron chi connectivity index (χ3n) is 4.00. The molecule has 1 aliphatic heterocycles. The number of furan rings is 1. The van der Waals surface area contributed by atoms with Crippen molar-refractivity contribution in [1.82, 2.24) is 5.06 Å². The Bertz CT molecular complexity index is 1050. The lowest BCUT2D eigenvalue weighted by Gasteiger charge is -2.12. The summed E-state index contributed by atoms with van der Waals surface area (Å²) in [6, 6.07) is 9.50. The van der Waals surface area contributed by atoms with E-state index >= 15 is 0 Å². The van der Waals surface area contributed by atoms with E-state index in [2.05, 4.69) is 0 Å². The molecule has 6 nitrogen and oxygen atoms in total. The molecule has 1 aliphatic rings. The molecule has 8 heteroatoms. The monoisotopic (exact) mass is 389 g/mol. The van der Waals surface area contributed by atoms with Crippen LogP contribution in [0.4, 0.5) is 0 Å². The van der Waals surface area contributed by atoms with E-state index < -0.39 is 17.8 Å². The number of benzene rings is 2. The fourth-order valence-corrected chi connectivity index (χ4v) is 3.13. The highest BCUT2D eigenvalue weighted by atomic mass is 35.5. The molecule has 0 spiro atoms. The molecule has 1 aromatic heterocycles. The Labute approximate surface area is 156 Å². The molecule has 0 saturated heterocycles. The van der Waals surface area contributed by atoms with Gasteiger partial charge in [-0.1, -0.05) is 40.4 Å². The molecule has 3 aromatic rings. The number of carbonyl (C=O) groups excluding carboxylic acids is 3. The average Bonchev–Trinajstić information content (AvgIpc) is 3.14. The fourth-order valence-electron chi connectivity index (χ4n) is 2.77. The number of amides is 2. The maximum Gasteiger partial charge on any atom is 0.337 e. The number of nitrogens with zero attached hydrogens (tertiary/aromatic N) is 1. The van der Waals surface area contributed by atoms with Crippen molar-refractivity contribution in [3.63, 3.8) is 0 Å². The highest BCUT2D eigenvalue weighted by molar-refractivity contribution is 6.44. The van der Waals surface area contributed by atoms with Crippen LogP contribution in [0.2, 0.25) is 10.0 Å². The SMILES string of the molecule is O=C(Cc1coc2c(Cl)c(Cl)ccc12)ON1C(=O)c2ccccc2C1=O. The summed E-state index contributed by atoms with van der Waals surface area (Å²) in [6.07, 6.45) is 1.15. The van der Waals surface area contributed by atoms with E-state index in [0.29, 0.717) is 26.6 Å². The minimum Gasteiger partial charge on any atom is -0.462 e. The number of hydroxylamine groups is 2. The van der Waals surface area contributed by atoms with Gasteiger partial charge in [-0.25, -0.2) is 4.79 Å². The van der Waals surface area contributed by atoms with E-state index in [9.17, 15) is 14.4 Å². The van der Waals surface area contributed by atoms with Gasteiger partial charge in [-0.05, 0) is 24.3 Å². The first-order valence-corrected chi connectivity index (χ1v) is 8.25. The van der Waals surface area contributed by atoms with Crippen LogP contribution in [0.3, 0.4) is 0 Å². The lowest BCUT2D eigenvalue weighted by atomic mass is 10.1. The van der Waals surface area contributed by atoms with Crippen molar-refractivity contribution < 1.29 is 23.6 Å². The zero-order chi connectivity index (χ0) is 18.4. The van der Waals surface area contributed by atoms with E-state index in [-0.39, 0.29) is 22.6 Å². The smallest absolute Gasteiger partial charge is 0.337 e. The largest absolute Gasteiger partial charge is 0.462 e. The van der Waals surface area contributed by atoms with Crippen molar-refractivity contribution in [1.29, 1.82) is 0 Å². The maximum absolute atomic E-state index is 12.2. The molecular weight excluding hydrogens is 381 g/mol. The van der Waals surface area contributed by atoms with Gasteiger partial charge < -0.3 is 9.25 Å². The van der Waals surface area contributed by atoms with Crippen LogP contribution in [0.5, 0.6) is 0 Å². The zero-order valence-electron chi connectivity index (χ0n) is 13.0. The van der Waals surface area contributed by atoms with Crippen molar-refractivity contribution in [3.05, 3.63) is 69.4 Å². The van der Waals surface area contributed by atoms with Gasteiger partial charge >= 0.3 is 5.97 Å². The predicted octanol–water partition coefficient (Wildman–Crippen LogP) is 4.04. The normalized spacial score (nSPS) is 13.4. The predicted molar refractivity (Wildman–Crippen MR) is 93.0 cm³/mol. The molecule has 26 heavy (non-hydrogen) atoms. The molecule has 2 amide bonds. The molecule has 0 N–H and O–H groups in total. The maximum atomic E-state index is 12.2. The number of carbonyl (C=O) groups is 3. The lowest BCUT2D eigenvalue weighted by molar-refractivity contribution is -0.167. The standard InChI is InChI=1S/C18H9Cl2NO5/c19-13-6-5-10-9(8-25-16(10)15(13)20)7-14(22)26-21-17(23)11-3-1-2-4-12(11)18(21)24/h1-6,8H,7H2. The van der Waals surface area contributed by atoms with Gasteiger partial charge in [0.1, 0.15) is 5.02 Å². The molecule has 0 aliphatic carbocycles. The Morgan fingerprint density at radius 2 is 1.69 bits per heavy atom. The summed E-state index contributed by atoms with van der Waals surface area (Å²) in [5.41, 5.74) is 1.24. The summed E-state index contributed by atoms with van der Waals surface area (Å²) >= 11 is 12.0. The summed E-state index contributed by atoms with van der Waals surface area (Å²) in [6.45, 7) is 0. The molecule has 2 heterocycles. The van der Waals surface area contributed by atoms with Crippen LogP contribution in [0.25, 0.3) is 11.0 Å². The summed E-state index contributed by atoms with van der Waals surface area (Å²) in [7, 11) is 0. The molecule has 0 atom stereocenters. The first-order valence-electron chi connectivity index (χ1n) is 7.50. The Morgan fingerprint density at radius 3 is 2.35 bits per heavy atom. The molecule has 0 radical (unpaired) electrons. The Balaban J connectivity index is 1.55. The Morgan fingerprint density at radius 1 is 1.04 bits per heavy atom. The topological polar surface area (TPSA) is 76.8 Å². The minimum absolute atomic E-state index is 0.195. The summed E-state index contributed by atoms with van der Waals surface area (Å²) in [5, 5.41) is 1.63. The fraction of sp³-hybridized carbons (Fsp3) is 0.0556. The van der Waals surface area contributed by atoms with Crippen molar-refractivity contribution in [2.75, 3.05) is 0 Å². The third-order valence-corrected chi connectivity index (χ3v) is 4.79. The Kier molecular flexibility index (Phi) is 3.94. The third kappa shape index (κ3) is 2.55. The first kappa shape index (κ1) is 16.6. The van der Waals surface area contributed by atoms with Crippen LogP contribution < -0.4 is 0 Å². The number of rotatable bonds is 3. The molecule has 0 unspecified atom stereocenters. The van der Waals surface area contributed by atoms with Crippen LogP contribution in [-0.2, 0) is 16.1 Å². The van der Waals surface area contributed by atoms with E-state index in [4.69, 9.17) is 32.5 Å². The van der Waals surface area contributed by atoms with Crippen molar-refractivity contribution in [2.24, 2.45) is 0 Å². The Hall–Kier alpha value is -2.83. The van der Waals surface area contributed by atoms with Gasteiger partial charge in [0.05, 0.1) is 28.8 Å². The lowest BCUT2D eigenvalue weighted by Crippen LogP contribution is -2.33. The second-order valence-corrected chi connectivity index (χ2v) is 6.37. The van der Waals surface area contributed by atoms with Gasteiger partial charge in [-0.15, -0.1) is 0 Å². The summed E-state index contributed by atoms with van der Waals surface area (Å²) in [4.78, 5) is 41.7. The summed E-state index contributed by atoms with van der Waals surface area (Å²) < 4.78 is 5.35. The van der Waals surface area contributed by atoms with Gasteiger partial charge in [0.2, 0.25) is 0 Å². The van der Waals surface area contributed by atoms with Crippen molar-refractivity contribution >= 4 is 52.0 Å². The van der Waals surface area contributed by atoms with Crippen LogP contribution >= 0.6 is 23.2 Å². The first-order chi connectivity index (χ1) is 12.5. The van der Waals surface area contributed by atoms with Crippen LogP contribution in [0.1, 0.15) is 26.3 Å². The van der Waals surface area contributed by atoms with E-state index in [1.807, 2.05) is 0 Å².